The zero-order chi connectivity index (χ0) is 20.8. The summed E-state index contributed by atoms with van der Waals surface area (Å²) >= 11 is 1.39. The Labute approximate surface area is 179 Å². The third-order valence-electron chi connectivity index (χ3n) is 4.56. The second kappa shape index (κ2) is 9.33. The van der Waals surface area contributed by atoms with E-state index in [9.17, 15) is 4.79 Å². The van der Waals surface area contributed by atoms with Gasteiger partial charge < -0.3 is 10.1 Å². The fourth-order valence-corrected chi connectivity index (χ4v) is 3.90. The highest BCUT2D eigenvalue weighted by molar-refractivity contribution is 7.99. The zero-order valence-corrected chi connectivity index (χ0v) is 17.3. The number of carbonyl (C=O) groups excluding carboxylic acids is 1. The van der Waals surface area contributed by atoms with Crippen LogP contribution in [0.2, 0.25) is 0 Å². The van der Waals surface area contributed by atoms with Gasteiger partial charge in [-0.1, -0.05) is 66.4 Å². The SMILES string of the molecule is COc1cccc(-n2ccnc2SCC(=O)Nc2ccccc2-c2ccccc2)c1. The molecule has 0 bridgehead atoms. The molecule has 5 nitrogen and oxygen atoms in total. The summed E-state index contributed by atoms with van der Waals surface area (Å²) in [5, 5.41) is 3.78. The van der Waals surface area contributed by atoms with Crippen molar-refractivity contribution >= 4 is 23.4 Å². The molecule has 0 aliphatic heterocycles. The highest BCUT2D eigenvalue weighted by Crippen LogP contribution is 2.28. The van der Waals surface area contributed by atoms with Gasteiger partial charge in [-0.25, -0.2) is 4.98 Å². The first-order chi connectivity index (χ1) is 14.7. The van der Waals surface area contributed by atoms with Crippen LogP contribution in [0.1, 0.15) is 0 Å². The number of methoxy groups -OCH3 is 1. The molecule has 1 heterocycles. The fourth-order valence-electron chi connectivity index (χ4n) is 3.13. The quantitative estimate of drug-likeness (QED) is 0.417. The monoisotopic (exact) mass is 415 g/mol. The van der Waals surface area contributed by atoms with Gasteiger partial charge in [0.05, 0.1) is 18.6 Å². The summed E-state index contributed by atoms with van der Waals surface area (Å²) in [7, 11) is 1.64. The number of rotatable bonds is 7. The number of imidazole rings is 1. The number of hydrogen-bond donors (Lipinski definition) is 1. The molecule has 0 spiro atoms. The highest BCUT2D eigenvalue weighted by Gasteiger charge is 2.12. The predicted octanol–water partition coefficient (Wildman–Crippen LogP) is 5.28. The van der Waals surface area contributed by atoms with Gasteiger partial charge >= 0.3 is 0 Å². The van der Waals surface area contributed by atoms with Crippen LogP contribution in [0.25, 0.3) is 16.8 Å². The van der Waals surface area contributed by atoms with E-state index >= 15 is 0 Å². The standard InChI is InChI=1S/C24H21N3O2S/c1-29-20-11-7-10-19(16-20)27-15-14-25-24(27)30-17-23(28)26-22-13-6-5-12-21(22)18-8-3-2-4-9-18/h2-16H,17H2,1H3,(H,26,28). The van der Waals surface area contributed by atoms with E-state index in [0.717, 1.165) is 33.4 Å². The molecule has 3 aromatic carbocycles. The van der Waals surface area contributed by atoms with E-state index in [1.807, 2.05) is 89.6 Å². The summed E-state index contributed by atoms with van der Waals surface area (Å²) in [4.78, 5) is 17.0. The molecule has 4 rings (SSSR count). The minimum absolute atomic E-state index is 0.0800. The molecular formula is C24H21N3O2S. The van der Waals surface area contributed by atoms with Crippen LogP contribution in [-0.2, 0) is 4.79 Å². The number of anilines is 1. The van der Waals surface area contributed by atoms with Crippen molar-refractivity contribution in [1.82, 2.24) is 9.55 Å². The van der Waals surface area contributed by atoms with Crippen LogP contribution in [0, 0.1) is 0 Å². The normalized spacial score (nSPS) is 10.6. The number of nitrogens with zero attached hydrogens (tertiary/aromatic N) is 2. The number of amides is 1. The fraction of sp³-hybridized carbons (Fsp3) is 0.0833. The minimum Gasteiger partial charge on any atom is -0.497 e. The third-order valence-corrected chi connectivity index (χ3v) is 5.52. The second-order valence-electron chi connectivity index (χ2n) is 6.53. The minimum atomic E-state index is -0.0800. The number of aromatic nitrogens is 2. The molecule has 0 unspecified atom stereocenters. The predicted molar refractivity (Wildman–Crippen MR) is 121 cm³/mol. The Bertz CT molecular complexity index is 1140. The Morgan fingerprint density at radius 3 is 2.67 bits per heavy atom. The van der Waals surface area contributed by atoms with Crippen molar-refractivity contribution in [1.29, 1.82) is 0 Å². The third kappa shape index (κ3) is 4.55. The highest BCUT2D eigenvalue weighted by atomic mass is 32.2. The lowest BCUT2D eigenvalue weighted by atomic mass is 10.0. The van der Waals surface area contributed by atoms with E-state index in [0.29, 0.717) is 0 Å². The zero-order valence-electron chi connectivity index (χ0n) is 16.5. The molecule has 0 saturated heterocycles. The molecule has 4 aromatic rings. The van der Waals surface area contributed by atoms with Gasteiger partial charge in [-0.3, -0.25) is 9.36 Å². The summed E-state index contributed by atoms with van der Waals surface area (Å²) in [6.07, 6.45) is 3.60. The van der Waals surface area contributed by atoms with Gasteiger partial charge in [-0.05, 0) is 23.8 Å². The van der Waals surface area contributed by atoms with E-state index in [-0.39, 0.29) is 11.7 Å². The molecule has 0 saturated carbocycles. The average Bonchev–Trinajstić information content (AvgIpc) is 3.27. The van der Waals surface area contributed by atoms with E-state index < -0.39 is 0 Å². The van der Waals surface area contributed by atoms with Gasteiger partial charge in [0.1, 0.15) is 5.75 Å². The number of hydrogen-bond acceptors (Lipinski definition) is 4. The number of nitrogens with one attached hydrogen (secondary N) is 1. The Balaban J connectivity index is 1.46. The van der Waals surface area contributed by atoms with Gasteiger partial charge in [0, 0.05) is 29.7 Å². The van der Waals surface area contributed by atoms with Crippen LogP contribution >= 0.6 is 11.8 Å². The summed E-state index contributed by atoms with van der Waals surface area (Å²) < 4.78 is 7.24. The van der Waals surface area contributed by atoms with Crippen LogP contribution < -0.4 is 10.1 Å². The summed E-state index contributed by atoms with van der Waals surface area (Å²) in [6.45, 7) is 0. The summed E-state index contributed by atoms with van der Waals surface area (Å²) in [5.74, 6) is 0.945. The Kier molecular flexibility index (Phi) is 6.15. The molecule has 6 heteroatoms. The van der Waals surface area contributed by atoms with E-state index in [1.165, 1.54) is 11.8 Å². The molecular weight excluding hydrogens is 394 g/mol. The van der Waals surface area contributed by atoms with Crippen LogP contribution in [0.4, 0.5) is 5.69 Å². The number of para-hydroxylation sites is 1. The van der Waals surface area contributed by atoms with E-state index in [1.54, 1.807) is 13.3 Å². The molecule has 0 aliphatic rings. The van der Waals surface area contributed by atoms with Crippen LogP contribution in [0.5, 0.6) is 5.75 Å². The molecule has 1 amide bonds. The average molecular weight is 416 g/mol. The first-order valence-corrected chi connectivity index (χ1v) is 10.5. The Morgan fingerprint density at radius 1 is 1.03 bits per heavy atom. The summed E-state index contributed by atoms with van der Waals surface area (Å²) in [5.41, 5.74) is 3.79. The molecule has 0 fully saturated rings. The van der Waals surface area contributed by atoms with Crippen molar-refractivity contribution in [3.63, 3.8) is 0 Å². The van der Waals surface area contributed by atoms with Crippen molar-refractivity contribution < 1.29 is 9.53 Å². The van der Waals surface area contributed by atoms with Gasteiger partial charge in [-0.2, -0.15) is 0 Å². The molecule has 150 valence electrons. The van der Waals surface area contributed by atoms with Crippen molar-refractivity contribution in [2.75, 3.05) is 18.2 Å². The number of benzene rings is 3. The number of carbonyl (C=O) groups is 1. The molecule has 0 radical (unpaired) electrons. The molecule has 0 aliphatic carbocycles. The van der Waals surface area contributed by atoms with E-state index in [2.05, 4.69) is 10.3 Å². The number of thioether (sulfide) groups is 1. The van der Waals surface area contributed by atoms with Crippen LogP contribution in [-0.4, -0.2) is 28.3 Å². The first-order valence-electron chi connectivity index (χ1n) is 9.49. The van der Waals surface area contributed by atoms with E-state index in [4.69, 9.17) is 4.74 Å². The van der Waals surface area contributed by atoms with Gasteiger partial charge in [0.2, 0.25) is 5.91 Å². The Morgan fingerprint density at radius 2 is 1.83 bits per heavy atom. The second-order valence-corrected chi connectivity index (χ2v) is 7.47. The van der Waals surface area contributed by atoms with Gasteiger partial charge in [0.15, 0.2) is 5.16 Å². The van der Waals surface area contributed by atoms with Crippen molar-refractivity contribution in [2.45, 2.75) is 5.16 Å². The Hall–Kier alpha value is -3.51. The lowest BCUT2D eigenvalue weighted by Gasteiger charge is -2.12. The first kappa shape index (κ1) is 19.8. The maximum absolute atomic E-state index is 12.7. The topological polar surface area (TPSA) is 56.2 Å². The van der Waals surface area contributed by atoms with Crippen LogP contribution in [0.3, 0.4) is 0 Å². The van der Waals surface area contributed by atoms with Crippen LogP contribution in [0.15, 0.2) is 96.4 Å². The maximum atomic E-state index is 12.7. The lowest BCUT2D eigenvalue weighted by molar-refractivity contribution is -0.113. The lowest BCUT2D eigenvalue weighted by Crippen LogP contribution is -2.15. The molecule has 1 N–H and O–H groups in total. The van der Waals surface area contributed by atoms with Gasteiger partial charge in [-0.15, -0.1) is 0 Å². The largest absolute Gasteiger partial charge is 0.497 e. The number of ether oxygens (including phenoxy) is 1. The van der Waals surface area contributed by atoms with Gasteiger partial charge in [0.25, 0.3) is 0 Å². The van der Waals surface area contributed by atoms with Crippen molar-refractivity contribution in [2.24, 2.45) is 0 Å². The van der Waals surface area contributed by atoms with Crippen molar-refractivity contribution in [3.8, 4) is 22.6 Å². The summed E-state index contributed by atoms with van der Waals surface area (Å²) in [6, 6.07) is 25.6. The molecule has 0 atom stereocenters. The smallest absolute Gasteiger partial charge is 0.234 e. The molecule has 30 heavy (non-hydrogen) atoms. The molecule has 1 aromatic heterocycles. The maximum Gasteiger partial charge on any atom is 0.234 e. The van der Waals surface area contributed by atoms with Crippen molar-refractivity contribution in [3.05, 3.63) is 91.3 Å².